The summed E-state index contributed by atoms with van der Waals surface area (Å²) in [5.74, 6) is 0.122. The van der Waals surface area contributed by atoms with E-state index in [0.717, 1.165) is 13.0 Å². The van der Waals surface area contributed by atoms with Crippen LogP contribution in [0.15, 0.2) is 22.1 Å². The van der Waals surface area contributed by atoms with Crippen molar-refractivity contribution in [2.45, 2.75) is 31.0 Å². The maximum absolute atomic E-state index is 12.0. The summed E-state index contributed by atoms with van der Waals surface area (Å²) in [7, 11) is -16.9. The van der Waals surface area contributed by atoms with E-state index in [0.29, 0.717) is 0 Å². The fourth-order valence-corrected chi connectivity index (χ4v) is 6.89. The molecule has 23 heteroatoms. The average Bonchev–Trinajstić information content (AvgIpc) is 3.18. The molecule has 1 saturated heterocycles. The van der Waals surface area contributed by atoms with Crippen molar-refractivity contribution >= 4 is 57.9 Å². The van der Waals surface area contributed by atoms with Crippen LogP contribution in [-0.2, 0) is 31.6 Å². The third-order valence-electron chi connectivity index (χ3n) is 5.36. The summed E-state index contributed by atoms with van der Waals surface area (Å²) in [4.78, 5) is 56.1. The average molecular weight is 603 g/mol. The van der Waals surface area contributed by atoms with Crippen LogP contribution in [0.4, 0.5) is 17.3 Å². The molecular weight excluding hydrogens is 583 g/mol. The Morgan fingerprint density at radius 3 is 2.53 bits per heavy atom. The van der Waals surface area contributed by atoms with Crippen LogP contribution in [-0.4, -0.2) is 75.3 Å². The molecule has 2 aliphatic heterocycles. The summed E-state index contributed by atoms with van der Waals surface area (Å²) < 4.78 is 52.9. The monoisotopic (exact) mass is 603 g/mol. The normalized spacial score (nSPS) is 28.1. The largest absolute Gasteiger partial charge is 0.490 e. The molecule has 1 fully saturated rings. The van der Waals surface area contributed by atoms with Gasteiger partial charge in [0.05, 0.1) is 24.0 Å². The molecule has 0 saturated carbocycles. The summed E-state index contributed by atoms with van der Waals surface area (Å²) in [6.07, 6.45) is -2.38. The SMILES string of the molecule is C[C@@]1(O)[C@H](O)[C@@H](COP(=O)(O)OP(=O)(O)OP(=O)(O)O)O[C@H]1n1cc2c(NO)cc(=O)nc3c2c1N=CN3. The van der Waals surface area contributed by atoms with Crippen LogP contribution in [0.5, 0.6) is 0 Å². The Hall–Kier alpha value is -2.12. The maximum Gasteiger partial charge on any atom is 0.490 e. The molecule has 2 aromatic rings. The van der Waals surface area contributed by atoms with Gasteiger partial charge in [-0.15, -0.1) is 0 Å². The molecule has 0 radical (unpaired) electrons. The number of hydrogen-bond acceptors (Lipinski definition) is 15. The highest BCUT2D eigenvalue weighted by Gasteiger charge is 2.54. The molecule has 0 aromatic carbocycles. The summed E-state index contributed by atoms with van der Waals surface area (Å²) in [6.45, 7) is 0.110. The first-order valence-electron chi connectivity index (χ1n) is 10.1. The zero-order valence-electron chi connectivity index (χ0n) is 18.8. The van der Waals surface area contributed by atoms with Gasteiger partial charge in [0.2, 0.25) is 0 Å². The Labute approximate surface area is 210 Å². The number of phosphoric acid groups is 3. The Morgan fingerprint density at radius 2 is 1.89 bits per heavy atom. The van der Waals surface area contributed by atoms with Crippen molar-refractivity contribution in [1.82, 2.24) is 9.55 Å². The zero-order valence-corrected chi connectivity index (χ0v) is 21.4. The predicted molar refractivity (Wildman–Crippen MR) is 124 cm³/mol. The number of aliphatic hydroxyl groups excluding tert-OH is 1. The van der Waals surface area contributed by atoms with Gasteiger partial charge >= 0.3 is 23.5 Å². The molecule has 4 rings (SSSR count). The van der Waals surface area contributed by atoms with Crippen molar-refractivity contribution in [1.29, 1.82) is 0 Å². The van der Waals surface area contributed by atoms with Crippen LogP contribution in [0.25, 0.3) is 10.8 Å². The van der Waals surface area contributed by atoms with Gasteiger partial charge in [-0.05, 0) is 6.92 Å². The number of aromatic nitrogens is 2. The molecule has 6 atom stereocenters. The van der Waals surface area contributed by atoms with Gasteiger partial charge in [-0.1, -0.05) is 0 Å². The van der Waals surface area contributed by atoms with Gasteiger partial charge in [-0.3, -0.25) is 20.0 Å². The Bertz CT molecular complexity index is 1500. The van der Waals surface area contributed by atoms with Gasteiger partial charge in [-0.2, -0.15) is 13.6 Å². The Balaban J connectivity index is 1.62. The third-order valence-corrected chi connectivity index (χ3v) is 9.16. The second-order valence-electron chi connectivity index (χ2n) is 8.10. The summed E-state index contributed by atoms with van der Waals surface area (Å²) in [6, 6.07) is 0.987. The molecule has 20 nitrogen and oxygen atoms in total. The molecule has 0 spiro atoms. The second-order valence-corrected chi connectivity index (χ2v) is 12.5. The fraction of sp³-hybridized carbons (Fsp3) is 0.400. The first-order valence-corrected chi connectivity index (χ1v) is 14.6. The van der Waals surface area contributed by atoms with Crippen molar-refractivity contribution in [3.63, 3.8) is 0 Å². The minimum Gasteiger partial charge on any atom is -0.387 e. The van der Waals surface area contributed by atoms with Crippen molar-refractivity contribution in [2.24, 2.45) is 4.99 Å². The fourth-order valence-electron chi connectivity index (χ4n) is 3.86. The number of nitrogens with zero attached hydrogens (tertiary/aromatic N) is 3. The van der Waals surface area contributed by atoms with Crippen molar-refractivity contribution < 1.29 is 66.6 Å². The van der Waals surface area contributed by atoms with E-state index in [1.165, 1.54) is 17.1 Å². The van der Waals surface area contributed by atoms with Gasteiger partial charge in [0.1, 0.15) is 29.4 Å². The maximum atomic E-state index is 12.0. The van der Waals surface area contributed by atoms with E-state index in [9.17, 15) is 43.7 Å². The van der Waals surface area contributed by atoms with E-state index in [1.807, 2.05) is 5.48 Å². The van der Waals surface area contributed by atoms with Gasteiger partial charge < -0.3 is 44.4 Å². The molecule has 38 heavy (non-hydrogen) atoms. The molecule has 9 N–H and O–H groups in total. The van der Waals surface area contributed by atoms with E-state index < -0.39 is 59.7 Å². The molecule has 2 aliphatic rings. The minimum atomic E-state index is -5.78. The molecule has 2 unspecified atom stereocenters. The standard InChI is InChI=1S/C15H20N5O15P3/c1-15(23)11(22)8(4-32-37(28,29)35-38(30,31)34-36(25,26)27)33-14(15)20-3-6-7(19-24)2-9(21)18-12-10(6)13(20)17-5-16-12/h2-3,5,8,11,14,19,22-24H,4H2,1H3,(H,28,29)(H,30,31)(H2,25,26,27)(H,16,17,18,21)/t8-,11-,14-,15-/m1/s1. The Kier molecular flexibility index (Phi) is 7.46. The first kappa shape index (κ1) is 28.9. The number of ether oxygens (including phenoxy) is 1. The van der Waals surface area contributed by atoms with Crippen LogP contribution in [0, 0.1) is 0 Å². The van der Waals surface area contributed by atoms with E-state index in [4.69, 9.17) is 14.5 Å². The number of hydrogen-bond donors (Lipinski definition) is 9. The minimum absolute atomic E-state index is 0.0534. The molecule has 4 heterocycles. The molecule has 0 bridgehead atoms. The molecular formula is C15H20N5O15P3. The molecule has 210 valence electrons. The van der Waals surface area contributed by atoms with E-state index in [2.05, 4.69) is 28.4 Å². The molecule has 0 amide bonds. The molecule has 0 aliphatic carbocycles. The van der Waals surface area contributed by atoms with Crippen LogP contribution < -0.4 is 16.4 Å². The second kappa shape index (κ2) is 9.81. The van der Waals surface area contributed by atoms with Gasteiger partial charge in [0, 0.05) is 17.6 Å². The van der Waals surface area contributed by atoms with Crippen molar-refractivity contribution in [2.75, 3.05) is 17.4 Å². The van der Waals surface area contributed by atoms with Crippen molar-refractivity contribution in [3.05, 3.63) is 22.6 Å². The summed E-state index contributed by atoms with van der Waals surface area (Å²) in [5.41, 5.74) is -1.06. The van der Waals surface area contributed by atoms with E-state index in [1.54, 1.807) is 0 Å². The highest BCUT2D eigenvalue weighted by Crippen LogP contribution is 2.66. The van der Waals surface area contributed by atoms with Crippen LogP contribution in [0.3, 0.4) is 0 Å². The summed E-state index contributed by atoms with van der Waals surface area (Å²) >= 11 is 0. The highest BCUT2D eigenvalue weighted by molar-refractivity contribution is 7.66. The summed E-state index contributed by atoms with van der Waals surface area (Å²) in [5, 5.41) is 34.3. The lowest BCUT2D eigenvalue weighted by Crippen LogP contribution is -2.44. The van der Waals surface area contributed by atoms with Crippen LogP contribution in [0.1, 0.15) is 13.2 Å². The van der Waals surface area contributed by atoms with Crippen LogP contribution in [0.2, 0.25) is 0 Å². The van der Waals surface area contributed by atoms with Gasteiger partial charge in [0.15, 0.2) is 6.23 Å². The molecule has 2 aromatic heterocycles. The lowest BCUT2D eigenvalue weighted by molar-refractivity contribution is -0.0954. The van der Waals surface area contributed by atoms with Crippen LogP contribution >= 0.6 is 23.5 Å². The number of rotatable bonds is 9. The lowest BCUT2D eigenvalue weighted by atomic mass is 9.96. The highest BCUT2D eigenvalue weighted by atomic mass is 31.3. The van der Waals surface area contributed by atoms with Gasteiger partial charge in [-0.25, -0.2) is 18.7 Å². The lowest BCUT2D eigenvalue weighted by Gasteiger charge is -2.28. The first-order chi connectivity index (χ1) is 17.4. The van der Waals surface area contributed by atoms with E-state index in [-0.39, 0.29) is 28.1 Å². The number of anilines is 2. The van der Waals surface area contributed by atoms with E-state index >= 15 is 0 Å². The number of phosphoric ester groups is 1. The number of aliphatic hydroxyl groups is 2. The number of nitrogens with one attached hydrogen (secondary N) is 2. The quantitative estimate of drug-likeness (QED) is 0.130. The smallest absolute Gasteiger partial charge is 0.387 e. The number of aliphatic imine (C=N–C) groups is 1. The van der Waals surface area contributed by atoms with Crippen molar-refractivity contribution in [3.8, 4) is 0 Å². The zero-order chi connectivity index (χ0) is 28.3. The predicted octanol–water partition coefficient (Wildman–Crippen LogP) is -0.365. The third kappa shape index (κ3) is 5.74. The van der Waals surface area contributed by atoms with Gasteiger partial charge in [0.25, 0.3) is 5.56 Å². The Morgan fingerprint density at radius 1 is 1.21 bits per heavy atom. The topological polar surface area (TPSA) is 301 Å².